The van der Waals surface area contributed by atoms with Gasteiger partial charge >= 0.3 is 0 Å². The summed E-state index contributed by atoms with van der Waals surface area (Å²) in [5, 5.41) is 6.31. The molecule has 0 unspecified atom stereocenters. The lowest BCUT2D eigenvalue weighted by Crippen LogP contribution is -2.30. The van der Waals surface area contributed by atoms with Gasteiger partial charge in [-0.05, 0) is 56.2 Å². The predicted molar refractivity (Wildman–Crippen MR) is 116 cm³/mol. The van der Waals surface area contributed by atoms with E-state index in [2.05, 4.69) is 29.7 Å². The van der Waals surface area contributed by atoms with Gasteiger partial charge in [-0.3, -0.25) is 4.79 Å². The van der Waals surface area contributed by atoms with Gasteiger partial charge in [0.1, 0.15) is 11.5 Å². The Kier molecular flexibility index (Phi) is 6.87. The monoisotopic (exact) mass is 398 g/mol. The highest BCUT2D eigenvalue weighted by Gasteiger charge is 2.27. The highest BCUT2D eigenvalue weighted by Crippen LogP contribution is 2.33. The molecule has 1 fully saturated rings. The molecule has 0 radical (unpaired) electrons. The molecule has 0 aliphatic carbocycles. The molecule has 3 rings (SSSR count). The van der Waals surface area contributed by atoms with Crippen LogP contribution in [-0.4, -0.2) is 24.6 Å². The number of ether oxygens (including phenoxy) is 2. The summed E-state index contributed by atoms with van der Waals surface area (Å²) in [4.78, 5) is 13.1. The van der Waals surface area contributed by atoms with Gasteiger partial charge in [0.05, 0.1) is 18.1 Å². The van der Waals surface area contributed by atoms with Crippen LogP contribution >= 0.6 is 11.8 Å². The van der Waals surface area contributed by atoms with Crippen LogP contribution in [0, 0.1) is 0 Å². The first-order chi connectivity index (χ1) is 13.6. The fraction of sp³-hybridized carbons (Fsp3) is 0.318. The Balaban J connectivity index is 1.74. The minimum atomic E-state index is -0.204. The van der Waals surface area contributed by atoms with Gasteiger partial charge in [-0.25, -0.2) is 0 Å². The summed E-state index contributed by atoms with van der Waals surface area (Å²) in [7, 11) is 0. The number of hydrogen-bond acceptors (Lipinski definition) is 5. The molecule has 0 saturated carbocycles. The van der Waals surface area contributed by atoms with Crippen LogP contribution in [0.25, 0.3) is 6.08 Å². The third-order valence-corrected chi connectivity index (χ3v) is 5.30. The number of carbonyl (C=O) groups excluding carboxylic acids is 1. The lowest BCUT2D eigenvalue weighted by molar-refractivity contribution is -0.116. The second-order valence-electron chi connectivity index (χ2n) is 6.24. The van der Waals surface area contributed by atoms with Gasteiger partial charge in [0.2, 0.25) is 0 Å². The number of aryl methyl sites for hydroxylation is 1. The Bertz CT molecular complexity index is 849. The summed E-state index contributed by atoms with van der Waals surface area (Å²) in [6.07, 6.45) is 2.87. The zero-order valence-corrected chi connectivity index (χ0v) is 17.3. The van der Waals surface area contributed by atoms with Crippen molar-refractivity contribution < 1.29 is 14.3 Å². The molecule has 0 spiro atoms. The van der Waals surface area contributed by atoms with Crippen LogP contribution < -0.4 is 20.1 Å². The lowest BCUT2D eigenvalue weighted by atomic mass is 10.1. The van der Waals surface area contributed by atoms with Gasteiger partial charge in [0.25, 0.3) is 5.91 Å². The fourth-order valence-corrected chi connectivity index (χ4v) is 3.84. The molecule has 2 aromatic carbocycles. The summed E-state index contributed by atoms with van der Waals surface area (Å²) in [5.74, 6) is 1.37. The number of benzene rings is 2. The molecule has 1 atom stereocenters. The highest BCUT2D eigenvalue weighted by atomic mass is 32.2. The van der Waals surface area contributed by atoms with Crippen molar-refractivity contribution in [2.24, 2.45) is 0 Å². The number of hydrogen-bond donors (Lipinski definition) is 2. The first-order valence-electron chi connectivity index (χ1n) is 9.57. The van der Waals surface area contributed by atoms with Crippen molar-refractivity contribution in [2.75, 3.05) is 18.5 Å². The Hall–Kier alpha value is -2.60. The first-order valence-corrected chi connectivity index (χ1v) is 10.4. The van der Waals surface area contributed by atoms with Crippen LogP contribution in [0.1, 0.15) is 31.9 Å². The molecule has 0 aromatic heterocycles. The van der Waals surface area contributed by atoms with Crippen LogP contribution in [0.15, 0.2) is 47.4 Å². The number of nitrogens with one attached hydrogen (secondary N) is 2. The van der Waals surface area contributed by atoms with Crippen LogP contribution in [-0.2, 0) is 11.2 Å². The number of carbonyl (C=O) groups is 1. The summed E-state index contributed by atoms with van der Waals surface area (Å²) in [6, 6.07) is 13.9. The van der Waals surface area contributed by atoms with Crippen molar-refractivity contribution in [1.29, 1.82) is 0 Å². The average molecular weight is 399 g/mol. The van der Waals surface area contributed by atoms with Crippen LogP contribution in [0.3, 0.4) is 0 Å². The molecule has 0 bridgehead atoms. The van der Waals surface area contributed by atoms with Crippen LogP contribution in [0.5, 0.6) is 11.5 Å². The van der Waals surface area contributed by atoms with E-state index in [9.17, 15) is 4.79 Å². The smallest absolute Gasteiger partial charge is 0.260 e. The van der Waals surface area contributed by atoms with Crippen molar-refractivity contribution in [3.8, 4) is 11.5 Å². The van der Waals surface area contributed by atoms with Crippen LogP contribution in [0.2, 0.25) is 0 Å². The van der Waals surface area contributed by atoms with Gasteiger partial charge in [0.15, 0.2) is 5.50 Å². The maximum absolute atomic E-state index is 12.4. The molecule has 1 aliphatic heterocycles. The maximum Gasteiger partial charge on any atom is 0.260 e. The van der Waals surface area contributed by atoms with E-state index in [0.29, 0.717) is 23.9 Å². The number of rotatable bonds is 8. The summed E-state index contributed by atoms with van der Waals surface area (Å²) in [6.45, 7) is 7.15. The van der Waals surface area contributed by atoms with Crippen molar-refractivity contribution >= 4 is 29.4 Å². The fourth-order valence-electron chi connectivity index (χ4n) is 2.87. The van der Waals surface area contributed by atoms with Crippen molar-refractivity contribution in [2.45, 2.75) is 32.7 Å². The zero-order valence-electron chi connectivity index (χ0n) is 16.5. The molecule has 2 aromatic rings. The quantitative estimate of drug-likeness (QED) is 0.634. The van der Waals surface area contributed by atoms with Crippen molar-refractivity contribution in [1.82, 2.24) is 5.32 Å². The van der Waals surface area contributed by atoms with Gasteiger partial charge in [0, 0.05) is 17.3 Å². The molecule has 1 amide bonds. The highest BCUT2D eigenvalue weighted by molar-refractivity contribution is 8.05. The van der Waals surface area contributed by atoms with E-state index in [-0.39, 0.29) is 11.4 Å². The molecule has 1 heterocycles. The van der Waals surface area contributed by atoms with E-state index in [1.807, 2.05) is 50.3 Å². The van der Waals surface area contributed by atoms with E-state index < -0.39 is 0 Å². The third kappa shape index (κ3) is 5.01. The van der Waals surface area contributed by atoms with E-state index >= 15 is 0 Å². The molecule has 28 heavy (non-hydrogen) atoms. The second kappa shape index (κ2) is 9.55. The van der Waals surface area contributed by atoms with E-state index in [4.69, 9.17) is 9.47 Å². The summed E-state index contributed by atoms with van der Waals surface area (Å²) in [5.41, 5.74) is 2.92. The Morgan fingerprint density at radius 2 is 1.82 bits per heavy atom. The SMILES string of the molecule is CCOc1ccc(/C=C2\S[C@H](Nc3ccc(CC)cc3)NC2=O)c(OCC)c1. The molecule has 148 valence electrons. The summed E-state index contributed by atoms with van der Waals surface area (Å²) < 4.78 is 11.3. The number of amides is 1. The Morgan fingerprint density at radius 3 is 2.50 bits per heavy atom. The normalized spacial score (nSPS) is 17.5. The third-order valence-electron chi connectivity index (χ3n) is 4.27. The molecular weight excluding hydrogens is 372 g/mol. The van der Waals surface area contributed by atoms with Crippen LogP contribution in [0.4, 0.5) is 5.69 Å². The first kappa shape index (κ1) is 20.1. The molecule has 5 nitrogen and oxygen atoms in total. The van der Waals surface area contributed by atoms with Gasteiger partial charge in [-0.1, -0.05) is 30.8 Å². The minimum Gasteiger partial charge on any atom is -0.494 e. The van der Waals surface area contributed by atoms with Gasteiger partial charge < -0.3 is 20.1 Å². The maximum atomic E-state index is 12.4. The lowest BCUT2D eigenvalue weighted by Gasteiger charge is -2.13. The standard InChI is InChI=1S/C22H26N2O3S/c1-4-15-7-10-17(11-8-15)23-22-24-21(25)20(28-22)13-16-9-12-18(26-5-2)14-19(16)27-6-3/h7-14,22-23H,4-6H2,1-3H3,(H,24,25)/b20-13-/t22-/m1/s1. The predicted octanol–water partition coefficient (Wildman–Crippen LogP) is 4.65. The van der Waals surface area contributed by atoms with Crippen molar-refractivity contribution in [3.05, 3.63) is 58.5 Å². The van der Waals surface area contributed by atoms with Crippen molar-refractivity contribution in [3.63, 3.8) is 0 Å². The molecule has 6 heteroatoms. The van der Waals surface area contributed by atoms with E-state index in [0.717, 1.165) is 23.4 Å². The van der Waals surface area contributed by atoms with Gasteiger partial charge in [-0.15, -0.1) is 0 Å². The van der Waals surface area contributed by atoms with E-state index in [1.165, 1.54) is 17.3 Å². The topological polar surface area (TPSA) is 59.6 Å². The summed E-state index contributed by atoms with van der Waals surface area (Å²) >= 11 is 1.46. The number of thioether (sulfide) groups is 1. The number of anilines is 1. The molecular formula is C22H26N2O3S. The molecule has 2 N–H and O–H groups in total. The van der Waals surface area contributed by atoms with E-state index in [1.54, 1.807) is 0 Å². The Morgan fingerprint density at radius 1 is 1.07 bits per heavy atom. The van der Waals surface area contributed by atoms with Gasteiger partial charge in [-0.2, -0.15) is 0 Å². The molecule has 1 aliphatic rings. The molecule has 1 saturated heterocycles. The second-order valence-corrected chi connectivity index (χ2v) is 7.39. The largest absolute Gasteiger partial charge is 0.494 e. The Labute approximate surface area is 170 Å². The minimum absolute atomic E-state index is 0.0935. The average Bonchev–Trinajstić information content (AvgIpc) is 3.03. The zero-order chi connectivity index (χ0) is 19.9.